The molecule has 1 aromatic heterocycles. The Labute approximate surface area is 189 Å². The van der Waals surface area contributed by atoms with Gasteiger partial charge in [0, 0.05) is 16.8 Å². The third kappa shape index (κ3) is 4.45. The average molecular weight is 444 g/mol. The van der Waals surface area contributed by atoms with Crippen molar-refractivity contribution < 1.29 is 13.9 Å². The maximum atomic E-state index is 14.7. The van der Waals surface area contributed by atoms with Gasteiger partial charge in [-0.05, 0) is 49.4 Å². The molecule has 0 aliphatic rings. The van der Waals surface area contributed by atoms with Crippen LogP contribution in [-0.2, 0) is 0 Å². The molecule has 0 spiro atoms. The Balaban J connectivity index is 1.80. The van der Waals surface area contributed by atoms with Crippen molar-refractivity contribution in [3.63, 3.8) is 0 Å². The van der Waals surface area contributed by atoms with E-state index >= 15 is 0 Å². The standard InChI is InChI=1S/C25H21FN4O3/c1-16-22(25(32)30(29-16)18-10-4-3-5-11-18)23(20-13-6-7-14-21(20)26)27-28-24(31)17-9-8-12-19(15-17)33-2/h3-15,29H,1-2H3,(H,28,31)/b27-23+. The first-order valence-electron chi connectivity index (χ1n) is 10.1. The number of benzene rings is 3. The molecule has 0 saturated heterocycles. The third-order valence-corrected chi connectivity index (χ3v) is 5.05. The number of amides is 1. The molecule has 166 valence electrons. The van der Waals surface area contributed by atoms with Gasteiger partial charge >= 0.3 is 0 Å². The lowest BCUT2D eigenvalue weighted by atomic mass is 10.0. The van der Waals surface area contributed by atoms with E-state index in [2.05, 4.69) is 15.6 Å². The van der Waals surface area contributed by atoms with Crippen molar-refractivity contribution in [3.8, 4) is 11.4 Å². The third-order valence-electron chi connectivity index (χ3n) is 5.05. The summed E-state index contributed by atoms with van der Waals surface area (Å²) in [5.74, 6) is -0.592. The number of ether oxygens (including phenoxy) is 1. The van der Waals surface area contributed by atoms with Gasteiger partial charge in [-0.3, -0.25) is 14.7 Å². The molecule has 0 saturated carbocycles. The second-order valence-corrected chi connectivity index (χ2v) is 7.20. The van der Waals surface area contributed by atoms with Gasteiger partial charge in [0.05, 0.1) is 18.4 Å². The fourth-order valence-electron chi connectivity index (χ4n) is 3.42. The SMILES string of the molecule is COc1cccc(C(=O)N/N=C(\c2ccccc2F)c2c(C)[nH]n(-c3ccccc3)c2=O)c1. The van der Waals surface area contributed by atoms with E-state index in [4.69, 9.17) is 4.74 Å². The van der Waals surface area contributed by atoms with Gasteiger partial charge in [-0.2, -0.15) is 5.10 Å². The van der Waals surface area contributed by atoms with Gasteiger partial charge in [0.2, 0.25) is 0 Å². The quantitative estimate of drug-likeness (QED) is 0.350. The van der Waals surface area contributed by atoms with E-state index in [1.807, 2.05) is 6.07 Å². The summed E-state index contributed by atoms with van der Waals surface area (Å²) in [6, 6.07) is 21.5. The Kier molecular flexibility index (Phi) is 6.17. The van der Waals surface area contributed by atoms with E-state index in [1.54, 1.807) is 61.5 Å². The topological polar surface area (TPSA) is 88.5 Å². The van der Waals surface area contributed by atoms with Crippen LogP contribution in [0.1, 0.15) is 27.2 Å². The number of para-hydroxylation sites is 1. The first-order valence-corrected chi connectivity index (χ1v) is 10.1. The molecule has 2 N–H and O–H groups in total. The minimum Gasteiger partial charge on any atom is -0.497 e. The summed E-state index contributed by atoms with van der Waals surface area (Å²) in [7, 11) is 1.50. The zero-order chi connectivity index (χ0) is 23.4. The van der Waals surface area contributed by atoms with Crippen molar-refractivity contribution in [2.24, 2.45) is 5.10 Å². The van der Waals surface area contributed by atoms with Gasteiger partial charge in [-0.1, -0.05) is 36.4 Å². The van der Waals surface area contributed by atoms with Crippen molar-refractivity contribution >= 4 is 11.6 Å². The molecule has 0 bridgehead atoms. The number of methoxy groups -OCH3 is 1. The first kappa shape index (κ1) is 21.8. The lowest BCUT2D eigenvalue weighted by Crippen LogP contribution is -2.26. The highest BCUT2D eigenvalue weighted by Gasteiger charge is 2.22. The van der Waals surface area contributed by atoms with Gasteiger partial charge in [-0.15, -0.1) is 0 Å². The molecular weight excluding hydrogens is 423 g/mol. The molecule has 4 rings (SSSR count). The molecule has 1 amide bonds. The summed E-state index contributed by atoms with van der Waals surface area (Å²) >= 11 is 0. The molecule has 4 aromatic rings. The van der Waals surface area contributed by atoms with Crippen LogP contribution in [0.4, 0.5) is 4.39 Å². The van der Waals surface area contributed by atoms with Gasteiger partial charge in [0.25, 0.3) is 11.5 Å². The minimum absolute atomic E-state index is 0.0118. The number of hydrazone groups is 1. The molecule has 0 aliphatic heterocycles. The largest absolute Gasteiger partial charge is 0.497 e. The fraction of sp³-hybridized carbons (Fsp3) is 0.0800. The predicted octanol–water partition coefficient (Wildman–Crippen LogP) is 3.80. The van der Waals surface area contributed by atoms with Crippen molar-refractivity contribution in [1.82, 2.24) is 15.2 Å². The monoisotopic (exact) mass is 444 g/mol. The zero-order valence-electron chi connectivity index (χ0n) is 18.0. The second-order valence-electron chi connectivity index (χ2n) is 7.20. The summed E-state index contributed by atoms with van der Waals surface area (Å²) in [5.41, 5.74) is 3.66. The first-order chi connectivity index (χ1) is 16.0. The van der Waals surface area contributed by atoms with Crippen LogP contribution in [0.5, 0.6) is 5.75 Å². The van der Waals surface area contributed by atoms with E-state index in [-0.39, 0.29) is 16.8 Å². The summed E-state index contributed by atoms with van der Waals surface area (Å²) < 4.78 is 21.2. The highest BCUT2D eigenvalue weighted by Crippen LogP contribution is 2.17. The molecule has 3 aromatic carbocycles. The summed E-state index contributed by atoms with van der Waals surface area (Å²) in [4.78, 5) is 26.0. The van der Waals surface area contributed by atoms with Crippen molar-refractivity contribution in [3.05, 3.63) is 117 Å². The summed E-state index contributed by atoms with van der Waals surface area (Å²) in [6.45, 7) is 1.69. The van der Waals surface area contributed by atoms with Crippen LogP contribution in [0.2, 0.25) is 0 Å². The van der Waals surface area contributed by atoms with E-state index in [9.17, 15) is 14.0 Å². The summed E-state index contributed by atoms with van der Waals surface area (Å²) in [5, 5.41) is 7.19. The normalized spacial score (nSPS) is 11.3. The Morgan fingerprint density at radius 1 is 1.03 bits per heavy atom. The molecule has 33 heavy (non-hydrogen) atoms. The average Bonchev–Trinajstić information content (AvgIpc) is 3.14. The molecular formula is C25H21FN4O3. The van der Waals surface area contributed by atoms with E-state index < -0.39 is 17.3 Å². The van der Waals surface area contributed by atoms with Crippen LogP contribution in [0, 0.1) is 12.7 Å². The number of hydrogen-bond acceptors (Lipinski definition) is 4. The Hall–Kier alpha value is -4.46. The number of rotatable bonds is 6. The number of aromatic nitrogens is 2. The predicted molar refractivity (Wildman–Crippen MR) is 124 cm³/mol. The molecule has 0 aliphatic carbocycles. The van der Waals surface area contributed by atoms with Gasteiger partial charge in [0.1, 0.15) is 17.3 Å². The minimum atomic E-state index is -0.571. The lowest BCUT2D eigenvalue weighted by molar-refractivity contribution is 0.0954. The molecule has 8 heteroatoms. The number of aromatic amines is 1. The smallest absolute Gasteiger partial charge is 0.281 e. The maximum Gasteiger partial charge on any atom is 0.281 e. The number of aryl methyl sites for hydroxylation is 1. The molecule has 0 radical (unpaired) electrons. The van der Waals surface area contributed by atoms with Gasteiger partial charge < -0.3 is 4.74 Å². The lowest BCUT2D eigenvalue weighted by Gasteiger charge is -2.08. The van der Waals surface area contributed by atoms with Gasteiger partial charge in [0.15, 0.2) is 0 Å². The van der Waals surface area contributed by atoms with Crippen LogP contribution in [0.3, 0.4) is 0 Å². The number of nitrogens with zero attached hydrogens (tertiary/aromatic N) is 2. The van der Waals surface area contributed by atoms with Gasteiger partial charge in [-0.25, -0.2) is 14.5 Å². The number of carbonyl (C=O) groups is 1. The molecule has 7 nitrogen and oxygen atoms in total. The molecule has 0 unspecified atom stereocenters. The number of nitrogens with one attached hydrogen (secondary N) is 2. The van der Waals surface area contributed by atoms with Crippen molar-refractivity contribution in [2.75, 3.05) is 7.11 Å². The van der Waals surface area contributed by atoms with Crippen LogP contribution >= 0.6 is 0 Å². The Morgan fingerprint density at radius 3 is 2.48 bits per heavy atom. The molecule has 0 atom stereocenters. The number of H-pyrrole nitrogens is 1. The van der Waals surface area contributed by atoms with Crippen molar-refractivity contribution in [2.45, 2.75) is 6.92 Å². The highest BCUT2D eigenvalue weighted by molar-refractivity contribution is 6.14. The van der Waals surface area contributed by atoms with Crippen LogP contribution in [0.25, 0.3) is 5.69 Å². The number of hydrogen-bond donors (Lipinski definition) is 2. The van der Waals surface area contributed by atoms with E-state index in [0.29, 0.717) is 22.7 Å². The molecule has 0 fully saturated rings. The van der Waals surface area contributed by atoms with Crippen molar-refractivity contribution in [1.29, 1.82) is 0 Å². The van der Waals surface area contributed by atoms with Crippen LogP contribution < -0.4 is 15.7 Å². The fourth-order valence-corrected chi connectivity index (χ4v) is 3.42. The highest BCUT2D eigenvalue weighted by atomic mass is 19.1. The van der Waals surface area contributed by atoms with Crippen LogP contribution in [-0.4, -0.2) is 28.5 Å². The summed E-state index contributed by atoms with van der Waals surface area (Å²) in [6.07, 6.45) is 0. The maximum absolute atomic E-state index is 14.7. The Morgan fingerprint density at radius 2 is 1.76 bits per heavy atom. The van der Waals surface area contributed by atoms with E-state index in [0.717, 1.165) is 0 Å². The zero-order valence-corrected chi connectivity index (χ0v) is 18.0. The Bertz CT molecular complexity index is 1390. The number of carbonyl (C=O) groups excluding carboxylic acids is 1. The number of halogens is 1. The second kappa shape index (κ2) is 9.35. The van der Waals surface area contributed by atoms with E-state index in [1.165, 1.54) is 30.0 Å². The molecule has 1 heterocycles. The van der Waals surface area contributed by atoms with Crippen LogP contribution in [0.15, 0.2) is 88.8 Å².